The van der Waals surface area contributed by atoms with Crippen LogP contribution in [0.3, 0.4) is 0 Å². The molecule has 4 aromatic rings. The fourth-order valence-electron chi connectivity index (χ4n) is 8.82. The van der Waals surface area contributed by atoms with Gasteiger partial charge in [-0.1, -0.05) is 25.0 Å². The predicted molar refractivity (Wildman–Crippen MR) is 210 cm³/mol. The lowest BCUT2D eigenvalue weighted by molar-refractivity contribution is -0.141. The maximum atomic E-state index is 14.8. The minimum Gasteiger partial charge on any atom is -0.484 e. The third kappa shape index (κ3) is 7.80. The second-order valence-electron chi connectivity index (χ2n) is 16.5. The van der Waals surface area contributed by atoms with Crippen LogP contribution in [0.5, 0.6) is 5.75 Å². The van der Waals surface area contributed by atoms with E-state index >= 15 is 0 Å². The van der Waals surface area contributed by atoms with Crippen molar-refractivity contribution in [2.24, 2.45) is 5.92 Å². The molecule has 4 fully saturated rings. The highest BCUT2D eigenvalue weighted by Gasteiger charge is 2.62. The van der Waals surface area contributed by atoms with Crippen molar-refractivity contribution in [1.29, 1.82) is 0 Å². The maximum absolute atomic E-state index is 14.8. The van der Waals surface area contributed by atoms with E-state index in [-0.39, 0.29) is 54.1 Å². The van der Waals surface area contributed by atoms with Gasteiger partial charge in [-0.25, -0.2) is 27.0 Å². The molecule has 5 aliphatic rings. The Morgan fingerprint density at radius 3 is 2.46 bits per heavy atom. The number of aromatic nitrogens is 1. The first-order valence-corrected chi connectivity index (χ1v) is 22.0. The summed E-state index contributed by atoms with van der Waals surface area (Å²) in [5.41, 5.74) is -0.572. The predicted octanol–water partition coefficient (Wildman–Crippen LogP) is 5.80. The van der Waals surface area contributed by atoms with Crippen molar-refractivity contribution in [1.82, 2.24) is 25.2 Å². The van der Waals surface area contributed by atoms with E-state index in [1.807, 2.05) is 12.2 Å². The molecule has 312 valence electrons. The number of nitrogens with zero attached hydrogens (tertiary/aromatic N) is 2. The van der Waals surface area contributed by atoms with Crippen molar-refractivity contribution in [3.05, 3.63) is 60.2 Å². The Balaban J connectivity index is 1.07. The summed E-state index contributed by atoms with van der Waals surface area (Å²) in [6.07, 6.45) is 9.05. The molecule has 9 rings (SSSR count). The van der Waals surface area contributed by atoms with Crippen molar-refractivity contribution in [2.45, 2.75) is 119 Å². The molecule has 3 aliphatic carbocycles. The van der Waals surface area contributed by atoms with Crippen LogP contribution in [0.25, 0.3) is 33.0 Å². The van der Waals surface area contributed by atoms with E-state index in [0.717, 1.165) is 38.5 Å². The molecule has 0 bridgehead atoms. The third-order valence-corrected chi connectivity index (χ3v) is 14.1. The Bertz CT molecular complexity index is 2500. The van der Waals surface area contributed by atoms with Crippen LogP contribution in [0.15, 0.2) is 53.0 Å². The van der Waals surface area contributed by atoms with Gasteiger partial charge in [0.05, 0.1) is 17.3 Å². The summed E-state index contributed by atoms with van der Waals surface area (Å²) in [6, 6.07) is 5.57. The summed E-state index contributed by atoms with van der Waals surface area (Å²) in [6.45, 7) is -0.166. The van der Waals surface area contributed by atoms with E-state index in [4.69, 9.17) is 13.9 Å². The lowest BCUT2D eigenvalue weighted by atomic mass is 10.0. The monoisotopic (exact) mass is 833 g/mol. The molecule has 0 spiro atoms. The van der Waals surface area contributed by atoms with Gasteiger partial charge in [0, 0.05) is 23.1 Å². The fraction of sp³-hybridized carbons (Fsp3) is 0.500. The molecule has 3 saturated carbocycles. The van der Waals surface area contributed by atoms with Crippen LogP contribution >= 0.6 is 0 Å². The highest BCUT2D eigenvalue weighted by atomic mass is 32.2. The van der Waals surface area contributed by atoms with Crippen LogP contribution < -0.4 is 20.1 Å². The Morgan fingerprint density at radius 2 is 1.68 bits per heavy atom. The van der Waals surface area contributed by atoms with Gasteiger partial charge in [0.2, 0.25) is 21.8 Å². The van der Waals surface area contributed by atoms with Crippen molar-refractivity contribution >= 4 is 66.8 Å². The van der Waals surface area contributed by atoms with E-state index in [1.54, 1.807) is 0 Å². The van der Waals surface area contributed by atoms with Crippen molar-refractivity contribution < 1.29 is 50.3 Å². The molecular weight excluding hydrogens is 789 g/mol. The average molecular weight is 834 g/mol. The largest absolute Gasteiger partial charge is 0.484 e. The first-order valence-electron chi connectivity index (χ1n) is 20.5. The van der Waals surface area contributed by atoms with Gasteiger partial charge in [-0.15, -0.1) is 0 Å². The second-order valence-corrected chi connectivity index (χ2v) is 18.5. The average Bonchev–Trinajstić information content (AvgIpc) is 4.02. The van der Waals surface area contributed by atoms with Crippen LogP contribution in [-0.4, -0.2) is 83.7 Å². The molecule has 0 radical (unpaired) electrons. The first kappa shape index (κ1) is 39.2. The van der Waals surface area contributed by atoms with E-state index in [2.05, 4.69) is 20.3 Å². The number of sulfonamides is 1. The zero-order chi connectivity index (χ0) is 41.1. The van der Waals surface area contributed by atoms with Gasteiger partial charge in [0.25, 0.3) is 5.91 Å². The molecule has 2 aromatic heterocycles. The zero-order valence-corrected chi connectivity index (χ0v) is 33.0. The quantitative estimate of drug-likeness (QED) is 0.192. The van der Waals surface area contributed by atoms with Crippen LogP contribution in [0, 0.1) is 17.6 Å². The number of carbonyl (C=O) groups is 4. The standard InChI is InChI=1S/C42H45F2N5O9S/c43-24-12-16-31-29(18-24)36(37-35(45-31)30-19-25(44)13-17-34(30)58-37)56-27-20-33-38(50)47-42(40(52)48-59(54,55)28-14-15-28)21-23(42)8-4-2-1-3-5-11-32(39(51)49(33)22-27)46-41(53)57-26-9-6-7-10-26/h4,8,12-13,16-19,23,26-28,32-33H,1-3,5-7,9-11,14-15,20-22H2,(H,46,53)(H,47,50)(H,48,52)/t23-,27-,32+,33+,42-/m1/s1. The lowest BCUT2D eigenvalue weighted by Crippen LogP contribution is -2.58. The molecule has 5 atom stereocenters. The Morgan fingerprint density at radius 1 is 0.932 bits per heavy atom. The molecule has 2 aromatic carbocycles. The highest BCUT2D eigenvalue weighted by Crippen LogP contribution is 2.46. The minimum atomic E-state index is -3.95. The molecule has 0 unspecified atom stereocenters. The van der Waals surface area contributed by atoms with Gasteiger partial charge >= 0.3 is 6.09 Å². The first-order chi connectivity index (χ1) is 28.4. The van der Waals surface area contributed by atoms with E-state index in [0.29, 0.717) is 42.2 Å². The number of ether oxygens (including phenoxy) is 2. The molecule has 14 nitrogen and oxygen atoms in total. The number of nitrogens with one attached hydrogen (secondary N) is 3. The van der Waals surface area contributed by atoms with Crippen LogP contribution in [0.4, 0.5) is 13.6 Å². The van der Waals surface area contributed by atoms with Gasteiger partial charge in [-0.3, -0.25) is 19.1 Å². The summed E-state index contributed by atoms with van der Waals surface area (Å²) in [4.78, 5) is 62.3. The summed E-state index contributed by atoms with van der Waals surface area (Å²) in [5.74, 6) is -3.64. The Labute approximate surface area is 338 Å². The summed E-state index contributed by atoms with van der Waals surface area (Å²) in [7, 11) is -3.95. The number of halogens is 2. The molecule has 17 heteroatoms. The number of rotatable bonds is 7. The number of hydrogen-bond acceptors (Lipinski definition) is 10. The molecular formula is C42H45F2N5O9S. The number of allylic oxidation sites excluding steroid dienone is 1. The number of hydrogen-bond donors (Lipinski definition) is 3. The summed E-state index contributed by atoms with van der Waals surface area (Å²) < 4.78 is 75.7. The molecule has 2 aliphatic heterocycles. The smallest absolute Gasteiger partial charge is 0.408 e. The van der Waals surface area contributed by atoms with Crippen LogP contribution in [0.2, 0.25) is 0 Å². The highest BCUT2D eigenvalue weighted by molar-refractivity contribution is 7.91. The van der Waals surface area contributed by atoms with E-state index in [9.17, 15) is 36.4 Å². The number of furan rings is 1. The zero-order valence-electron chi connectivity index (χ0n) is 32.2. The van der Waals surface area contributed by atoms with Gasteiger partial charge < -0.3 is 29.4 Å². The van der Waals surface area contributed by atoms with Crippen molar-refractivity contribution in [3.8, 4) is 5.75 Å². The normalized spacial score (nSPS) is 26.8. The number of carbonyl (C=O) groups excluding carboxylic acids is 4. The van der Waals surface area contributed by atoms with Gasteiger partial charge in [-0.2, -0.15) is 0 Å². The topological polar surface area (TPSA) is 186 Å². The van der Waals surface area contributed by atoms with Crippen molar-refractivity contribution in [2.75, 3.05) is 6.54 Å². The molecule has 4 heterocycles. The van der Waals surface area contributed by atoms with Gasteiger partial charge in [0.1, 0.15) is 52.6 Å². The number of alkyl carbamates (subject to hydrolysis) is 1. The number of amides is 4. The summed E-state index contributed by atoms with van der Waals surface area (Å²) in [5, 5.41) is 5.55. The van der Waals surface area contributed by atoms with Gasteiger partial charge in [-0.05, 0) is 101 Å². The maximum Gasteiger partial charge on any atom is 0.408 e. The SMILES string of the molecule is O=C(N[C@H]1CCCCCC=C[C@@H]2C[C@@]2(C(=O)NS(=O)(=O)C2CC2)NC(=O)[C@@H]2C[C@@H](Oc3c4cc(F)ccc4nc4c3oc3ccc(F)cc34)CN2C1=O)OC1CCCC1. The minimum absolute atomic E-state index is 0.0741. The second kappa shape index (κ2) is 15.4. The van der Waals surface area contributed by atoms with Crippen LogP contribution in [0.1, 0.15) is 83.5 Å². The van der Waals surface area contributed by atoms with Crippen molar-refractivity contribution in [3.63, 3.8) is 0 Å². The molecule has 3 N–H and O–H groups in total. The Hall–Kier alpha value is -5.32. The molecule has 1 saturated heterocycles. The number of benzene rings is 2. The third-order valence-electron chi connectivity index (χ3n) is 12.3. The molecule has 59 heavy (non-hydrogen) atoms. The van der Waals surface area contributed by atoms with Gasteiger partial charge in [0.15, 0.2) is 11.3 Å². The number of fused-ring (bicyclic) bond motifs is 6. The van der Waals surface area contributed by atoms with E-state index in [1.165, 1.54) is 41.3 Å². The molecule has 4 amide bonds. The number of pyridine rings is 1. The lowest BCUT2D eigenvalue weighted by Gasteiger charge is -2.30. The summed E-state index contributed by atoms with van der Waals surface area (Å²) >= 11 is 0. The van der Waals surface area contributed by atoms with Crippen LogP contribution in [-0.2, 0) is 29.1 Å². The van der Waals surface area contributed by atoms with E-state index < -0.39 is 80.4 Å². The Kier molecular flexibility index (Phi) is 10.2. The fourth-order valence-corrected chi connectivity index (χ4v) is 10.2.